The number of sulfone groups is 1. The average molecular weight is 444 g/mol. The summed E-state index contributed by atoms with van der Waals surface area (Å²) < 4.78 is 87.7. The van der Waals surface area contributed by atoms with Gasteiger partial charge in [0.1, 0.15) is 0 Å². The van der Waals surface area contributed by atoms with Gasteiger partial charge in [-0.2, -0.15) is 22.0 Å². The van der Waals surface area contributed by atoms with Gasteiger partial charge in [-0.05, 0) is 42.1 Å². The van der Waals surface area contributed by atoms with Gasteiger partial charge in [0.2, 0.25) is 9.84 Å². The van der Waals surface area contributed by atoms with Crippen molar-refractivity contribution in [2.75, 3.05) is 0 Å². The van der Waals surface area contributed by atoms with Crippen molar-refractivity contribution in [2.24, 2.45) is 0 Å². The van der Waals surface area contributed by atoms with E-state index in [2.05, 4.69) is 10.2 Å². The van der Waals surface area contributed by atoms with Crippen molar-refractivity contribution in [3.63, 3.8) is 0 Å². The maximum atomic E-state index is 12.9. The molecule has 1 aromatic carbocycles. The standard InChI is InChI=1S/C14H7ClF5N3O2S2/c15-10-5-7(14(18,19)20)6-23-11(10)21-22-13(23)26-8-1-3-9(4-2-8)27(24,25)12(16)17/h1-6,12H. The monoisotopic (exact) mass is 443 g/mol. The summed E-state index contributed by atoms with van der Waals surface area (Å²) in [6.45, 7) is 0. The lowest BCUT2D eigenvalue weighted by Gasteiger charge is -2.09. The van der Waals surface area contributed by atoms with Gasteiger partial charge in [0.05, 0.1) is 15.5 Å². The van der Waals surface area contributed by atoms with Crippen molar-refractivity contribution in [1.29, 1.82) is 0 Å². The highest BCUT2D eigenvalue weighted by Crippen LogP contribution is 2.34. The lowest BCUT2D eigenvalue weighted by molar-refractivity contribution is -0.137. The third-order valence-corrected chi connectivity index (χ3v) is 6.00. The van der Waals surface area contributed by atoms with E-state index in [1.165, 1.54) is 12.1 Å². The van der Waals surface area contributed by atoms with Crippen LogP contribution in [0.25, 0.3) is 5.65 Å². The normalized spacial score (nSPS) is 12.9. The molecular weight excluding hydrogens is 437 g/mol. The van der Waals surface area contributed by atoms with Gasteiger partial charge in [-0.25, -0.2) is 8.42 Å². The van der Waals surface area contributed by atoms with Crippen LogP contribution in [-0.2, 0) is 16.0 Å². The molecule has 0 spiro atoms. The Morgan fingerprint density at radius 1 is 1.11 bits per heavy atom. The van der Waals surface area contributed by atoms with Gasteiger partial charge in [0.15, 0.2) is 10.8 Å². The van der Waals surface area contributed by atoms with Crippen LogP contribution in [0.5, 0.6) is 0 Å². The van der Waals surface area contributed by atoms with Crippen LogP contribution in [0.15, 0.2) is 51.5 Å². The van der Waals surface area contributed by atoms with E-state index in [0.29, 0.717) is 4.90 Å². The van der Waals surface area contributed by atoms with Crippen LogP contribution in [0.4, 0.5) is 22.0 Å². The van der Waals surface area contributed by atoms with Gasteiger partial charge >= 0.3 is 11.9 Å². The molecule has 0 bridgehead atoms. The molecule has 0 N–H and O–H groups in total. The first-order chi connectivity index (χ1) is 12.5. The molecular formula is C14H7ClF5N3O2S2. The minimum atomic E-state index is -4.74. The molecule has 3 aromatic rings. The van der Waals surface area contributed by atoms with Crippen LogP contribution in [0.3, 0.4) is 0 Å². The van der Waals surface area contributed by atoms with E-state index in [1.54, 1.807) is 0 Å². The number of aromatic nitrogens is 3. The largest absolute Gasteiger partial charge is 0.417 e. The second kappa shape index (κ2) is 6.91. The zero-order valence-electron chi connectivity index (χ0n) is 12.8. The average Bonchev–Trinajstić information content (AvgIpc) is 2.98. The number of benzene rings is 1. The first kappa shape index (κ1) is 19.8. The SMILES string of the molecule is O=S(=O)(c1ccc(Sc2nnc3c(Cl)cc(C(F)(F)F)cn23)cc1)C(F)F. The fourth-order valence-corrected chi connectivity index (χ4v) is 3.83. The molecule has 0 aliphatic rings. The predicted molar refractivity (Wildman–Crippen MR) is 86.8 cm³/mol. The van der Waals surface area contributed by atoms with E-state index in [0.717, 1.165) is 40.6 Å². The number of rotatable bonds is 4. The molecule has 3 rings (SSSR count). The lowest BCUT2D eigenvalue weighted by atomic mass is 10.3. The quantitative estimate of drug-likeness (QED) is 0.554. The molecule has 144 valence electrons. The molecule has 5 nitrogen and oxygen atoms in total. The first-order valence-corrected chi connectivity index (χ1v) is 9.65. The molecule has 13 heteroatoms. The van der Waals surface area contributed by atoms with Gasteiger partial charge in [0.25, 0.3) is 0 Å². The molecule has 2 heterocycles. The van der Waals surface area contributed by atoms with Gasteiger partial charge < -0.3 is 0 Å². The summed E-state index contributed by atoms with van der Waals surface area (Å²) in [5.41, 5.74) is -0.996. The molecule has 27 heavy (non-hydrogen) atoms. The van der Waals surface area contributed by atoms with Crippen molar-refractivity contribution >= 4 is 38.8 Å². The van der Waals surface area contributed by atoms with Crippen LogP contribution in [0.1, 0.15) is 5.56 Å². The summed E-state index contributed by atoms with van der Waals surface area (Å²) in [6.07, 6.45) is -3.85. The molecule has 0 atom stereocenters. The van der Waals surface area contributed by atoms with Crippen molar-refractivity contribution in [3.05, 3.63) is 47.1 Å². The Balaban J connectivity index is 1.97. The number of nitrogens with zero attached hydrogens (tertiary/aromatic N) is 3. The summed E-state index contributed by atoms with van der Waals surface area (Å²) in [5, 5.41) is 7.26. The highest BCUT2D eigenvalue weighted by molar-refractivity contribution is 7.99. The molecule has 0 saturated carbocycles. The second-order valence-electron chi connectivity index (χ2n) is 5.13. The van der Waals surface area contributed by atoms with E-state index in [-0.39, 0.29) is 15.8 Å². The van der Waals surface area contributed by atoms with Crippen LogP contribution in [0, 0.1) is 0 Å². The number of hydrogen-bond acceptors (Lipinski definition) is 5. The van der Waals surface area contributed by atoms with E-state index >= 15 is 0 Å². The number of fused-ring (bicyclic) bond motifs is 1. The second-order valence-corrected chi connectivity index (χ2v) is 8.50. The minimum Gasteiger partial charge on any atom is -0.275 e. The highest BCUT2D eigenvalue weighted by atomic mass is 35.5. The van der Waals surface area contributed by atoms with Gasteiger partial charge in [-0.15, -0.1) is 10.2 Å². The Morgan fingerprint density at radius 2 is 1.74 bits per heavy atom. The number of hydrogen-bond donors (Lipinski definition) is 0. The molecule has 2 aromatic heterocycles. The minimum absolute atomic E-state index is 0.00376. The summed E-state index contributed by atoms with van der Waals surface area (Å²) in [6, 6.07) is 5.14. The Kier molecular flexibility index (Phi) is 5.08. The van der Waals surface area contributed by atoms with Crippen LogP contribution in [-0.4, -0.2) is 28.8 Å². The highest BCUT2D eigenvalue weighted by Gasteiger charge is 2.32. The Labute approximate surface area is 158 Å². The maximum Gasteiger partial charge on any atom is 0.417 e. The van der Waals surface area contributed by atoms with E-state index < -0.39 is 32.2 Å². The van der Waals surface area contributed by atoms with Gasteiger partial charge in [-0.1, -0.05) is 11.6 Å². The Bertz CT molecular complexity index is 1100. The number of alkyl halides is 5. The predicted octanol–water partition coefficient (Wildman–Crippen LogP) is 4.55. The molecule has 0 amide bonds. The van der Waals surface area contributed by atoms with Crippen molar-refractivity contribution in [1.82, 2.24) is 14.6 Å². The van der Waals surface area contributed by atoms with Gasteiger partial charge in [0, 0.05) is 11.1 Å². The van der Waals surface area contributed by atoms with Crippen molar-refractivity contribution in [2.45, 2.75) is 26.9 Å². The third kappa shape index (κ3) is 3.87. The topological polar surface area (TPSA) is 64.3 Å². The smallest absolute Gasteiger partial charge is 0.275 e. The number of pyridine rings is 1. The third-order valence-electron chi connectivity index (χ3n) is 3.35. The molecule has 0 fully saturated rings. The van der Waals surface area contributed by atoms with Crippen LogP contribution < -0.4 is 0 Å². The summed E-state index contributed by atoms with van der Waals surface area (Å²) in [5.74, 6) is -3.56. The number of halogens is 6. The van der Waals surface area contributed by atoms with Gasteiger partial charge in [-0.3, -0.25) is 4.40 Å². The molecule has 0 aliphatic carbocycles. The molecule has 0 saturated heterocycles. The zero-order valence-corrected chi connectivity index (χ0v) is 15.2. The molecule has 0 unspecified atom stereocenters. The maximum absolute atomic E-state index is 12.9. The fourth-order valence-electron chi connectivity index (χ4n) is 2.06. The fraction of sp³-hybridized carbons (Fsp3) is 0.143. The van der Waals surface area contributed by atoms with Crippen LogP contribution in [0.2, 0.25) is 5.02 Å². The Hall–Kier alpha value is -1.92. The van der Waals surface area contributed by atoms with Crippen molar-refractivity contribution in [3.8, 4) is 0 Å². The summed E-state index contributed by atoms with van der Waals surface area (Å²) in [4.78, 5) is -0.221. The zero-order chi connectivity index (χ0) is 20.0. The van der Waals surface area contributed by atoms with Crippen LogP contribution >= 0.6 is 23.4 Å². The van der Waals surface area contributed by atoms with E-state index in [4.69, 9.17) is 11.6 Å². The first-order valence-electron chi connectivity index (χ1n) is 6.91. The molecule has 0 radical (unpaired) electrons. The molecule has 0 aliphatic heterocycles. The van der Waals surface area contributed by atoms with E-state index in [9.17, 15) is 30.4 Å². The lowest BCUT2D eigenvalue weighted by Crippen LogP contribution is -2.11. The summed E-state index contributed by atoms with van der Waals surface area (Å²) >= 11 is 6.68. The van der Waals surface area contributed by atoms with E-state index in [1.807, 2.05) is 0 Å². The Morgan fingerprint density at radius 3 is 2.30 bits per heavy atom. The summed E-state index contributed by atoms with van der Waals surface area (Å²) in [7, 11) is -4.74. The van der Waals surface area contributed by atoms with Crippen molar-refractivity contribution < 1.29 is 30.4 Å².